The van der Waals surface area contributed by atoms with Crippen molar-refractivity contribution >= 4 is 28.4 Å². The second-order valence-electron chi connectivity index (χ2n) is 12.7. The monoisotopic (exact) mass is 647 g/mol. The molecule has 3 aromatic carbocycles. The van der Waals surface area contributed by atoms with E-state index < -0.39 is 6.09 Å². The fourth-order valence-corrected chi connectivity index (χ4v) is 6.78. The second kappa shape index (κ2) is 14.5. The van der Waals surface area contributed by atoms with E-state index in [1.165, 1.54) is 16.5 Å². The van der Waals surface area contributed by atoms with Crippen LogP contribution >= 0.6 is 0 Å². The largest absolute Gasteiger partial charge is 0.461 e. The SMILES string of the molecule is C[C@@H]1CO[C@@H](COc2nc3c(c(N4CCN(C(=O)OCc5ccccc5)C(CC#N)C4)n2)CCN(c2cccc4ccccc24)C3)CN1. The molecule has 7 rings (SSSR count). The molecule has 248 valence electrons. The number of carbonyl (C=O) groups excluding carboxylic acids is 1. The summed E-state index contributed by atoms with van der Waals surface area (Å²) >= 11 is 0. The normalized spacial score (nSPS) is 21.0. The van der Waals surface area contributed by atoms with E-state index in [1.54, 1.807) is 4.90 Å². The summed E-state index contributed by atoms with van der Waals surface area (Å²) in [7, 11) is 0. The Kier molecular flexibility index (Phi) is 9.54. The van der Waals surface area contributed by atoms with Gasteiger partial charge in [-0.3, -0.25) is 0 Å². The number of piperazine rings is 1. The lowest BCUT2D eigenvalue weighted by Gasteiger charge is -2.42. The molecule has 4 heterocycles. The predicted octanol–water partition coefficient (Wildman–Crippen LogP) is 4.69. The zero-order valence-electron chi connectivity index (χ0n) is 27.3. The Morgan fingerprint density at radius 2 is 1.85 bits per heavy atom. The number of carbonyl (C=O) groups is 1. The number of hydrogen-bond donors (Lipinski definition) is 1. The second-order valence-corrected chi connectivity index (χ2v) is 12.7. The molecule has 4 aromatic rings. The van der Waals surface area contributed by atoms with Crippen molar-refractivity contribution in [3.8, 4) is 12.1 Å². The number of nitriles is 1. The van der Waals surface area contributed by atoms with Crippen molar-refractivity contribution in [3.05, 3.63) is 89.6 Å². The molecule has 2 saturated heterocycles. The first-order valence-corrected chi connectivity index (χ1v) is 16.7. The van der Waals surface area contributed by atoms with Crippen LogP contribution in [0.15, 0.2) is 72.8 Å². The number of hydrogen-bond acceptors (Lipinski definition) is 10. The zero-order chi connectivity index (χ0) is 32.9. The van der Waals surface area contributed by atoms with E-state index in [1.807, 2.05) is 30.3 Å². The lowest BCUT2D eigenvalue weighted by atomic mass is 10.0. The summed E-state index contributed by atoms with van der Waals surface area (Å²) in [5, 5.41) is 15.6. The third kappa shape index (κ3) is 7.00. The van der Waals surface area contributed by atoms with Gasteiger partial charge in [-0.05, 0) is 30.4 Å². The number of fused-ring (bicyclic) bond motifs is 2. The Bertz CT molecular complexity index is 1770. The van der Waals surface area contributed by atoms with Crippen molar-refractivity contribution in [2.75, 3.05) is 55.7 Å². The van der Waals surface area contributed by atoms with E-state index in [4.69, 9.17) is 24.2 Å². The summed E-state index contributed by atoms with van der Waals surface area (Å²) in [6, 6.07) is 27.0. The number of ether oxygens (including phenoxy) is 3. The van der Waals surface area contributed by atoms with Gasteiger partial charge in [-0.1, -0.05) is 66.7 Å². The van der Waals surface area contributed by atoms with Gasteiger partial charge in [0.1, 0.15) is 25.1 Å². The van der Waals surface area contributed by atoms with E-state index in [-0.39, 0.29) is 25.2 Å². The molecule has 1 aromatic heterocycles. The number of anilines is 2. The average molecular weight is 648 g/mol. The molecule has 0 bridgehead atoms. The molecular weight excluding hydrogens is 606 g/mol. The Morgan fingerprint density at radius 3 is 2.69 bits per heavy atom. The Balaban J connectivity index is 1.14. The van der Waals surface area contributed by atoms with E-state index >= 15 is 0 Å². The van der Waals surface area contributed by atoms with Crippen LogP contribution in [0.5, 0.6) is 6.01 Å². The fraction of sp³-hybridized carbons (Fsp3) is 0.405. The van der Waals surface area contributed by atoms with Crippen molar-refractivity contribution in [2.24, 2.45) is 0 Å². The molecule has 48 heavy (non-hydrogen) atoms. The van der Waals surface area contributed by atoms with Gasteiger partial charge in [0.05, 0.1) is 37.4 Å². The van der Waals surface area contributed by atoms with Crippen molar-refractivity contribution in [1.29, 1.82) is 5.26 Å². The molecule has 11 heteroatoms. The summed E-state index contributed by atoms with van der Waals surface area (Å²) in [5.74, 6) is 0.809. The first-order chi connectivity index (χ1) is 23.6. The highest BCUT2D eigenvalue weighted by Gasteiger charge is 2.35. The number of nitrogens with zero attached hydrogens (tertiary/aromatic N) is 6. The fourth-order valence-electron chi connectivity index (χ4n) is 6.78. The van der Waals surface area contributed by atoms with Crippen LogP contribution in [0.25, 0.3) is 10.8 Å². The van der Waals surface area contributed by atoms with E-state index in [2.05, 4.69) is 70.6 Å². The minimum Gasteiger partial charge on any atom is -0.461 e. The molecule has 11 nitrogen and oxygen atoms in total. The zero-order valence-corrected chi connectivity index (χ0v) is 27.3. The molecule has 3 aliphatic heterocycles. The van der Waals surface area contributed by atoms with E-state index in [0.29, 0.717) is 58.0 Å². The van der Waals surface area contributed by atoms with Crippen molar-refractivity contribution < 1.29 is 19.0 Å². The lowest BCUT2D eigenvalue weighted by Crippen LogP contribution is -2.55. The molecule has 3 atom stereocenters. The van der Waals surface area contributed by atoms with Crippen molar-refractivity contribution in [2.45, 2.75) is 51.1 Å². The van der Waals surface area contributed by atoms with Crippen LogP contribution in [0.1, 0.15) is 30.2 Å². The predicted molar refractivity (Wildman–Crippen MR) is 183 cm³/mol. The third-order valence-electron chi connectivity index (χ3n) is 9.35. The number of morpholine rings is 1. The van der Waals surface area contributed by atoms with Gasteiger partial charge in [0.2, 0.25) is 0 Å². The highest BCUT2D eigenvalue weighted by Crippen LogP contribution is 2.35. The molecule has 1 unspecified atom stereocenters. The highest BCUT2D eigenvalue weighted by molar-refractivity contribution is 5.94. The Morgan fingerprint density at radius 1 is 1.02 bits per heavy atom. The van der Waals surface area contributed by atoms with Crippen LogP contribution in [0.4, 0.5) is 16.3 Å². The van der Waals surface area contributed by atoms with E-state index in [9.17, 15) is 10.1 Å². The van der Waals surface area contributed by atoms with Crippen LogP contribution in [-0.4, -0.2) is 85.1 Å². The topological polar surface area (TPSA) is 116 Å². The third-order valence-corrected chi connectivity index (χ3v) is 9.35. The quantitative estimate of drug-likeness (QED) is 0.289. The van der Waals surface area contributed by atoms with Gasteiger partial charge >= 0.3 is 12.1 Å². The van der Waals surface area contributed by atoms with Crippen LogP contribution in [-0.2, 0) is 29.0 Å². The van der Waals surface area contributed by atoms with Crippen LogP contribution in [0.2, 0.25) is 0 Å². The van der Waals surface area contributed by atoms with E-state index in [0.717, 1.165) is 35.6 Å². The van der Waals surface area contributed by atoms with Crippen molar-refractivity contribution in [1.82, 2.24) is 20.2 Å². The first kappa shape index (κ1) is 31.7. The number of amides is 1. The van der Waals surface area contributed by atoms with Gasteiger partial charge in [0.25, 0.3) is 0 Å². The van der Waals surface area contributed by atoms with Crippen LogP contribution < -0.4 is 19.9 Å². The van der Waals surface area contributed by atoms with Crippen LogP contribution in [0, 0.1) is 11.3 Å². The van der Waals surface area contributed by atoms with Crippen molar-refractivity contribution in [3.63, 3.8) is 0 Å². The highest BCUT2D eigenvalue weighted by atomic mass is 16.6. The van der Waals surface area contributed by atoms with Gasteiger partial charge < -0.3 is 34.2 Å². The maximum absolute atomic E-state index is 13.2. The Hall–Kier alpha value is -4.92. The van der Waals surface area contributed by atoms with Gasteiger partial charge in [0, 0.05) is 55.4 Å². The maximum atomic E-state index is 13.2. The molecule has 0 radical (unpaired) electrons. The molecular formula is C37H41N7O4. The number of aromatic nitrogens is 2. The summed E-state index contributed by atoms with van der Waals surface area (Å²) in [5.41, 5.74) is 4.10. The maximum Gasteiger partial charge on any atom is 0.410 e. The number of nitrogens with one attached hydrogen (secondary N) is 1. The molecule has 1 N–H and O–H groups in total. The van der Waals surface area contributed by atoms with Gasteiger partial charge in [0.15, 0.2) is 0 Å². The first-order valence-electron chi connectivity index (χ1n) is 16.7. The lowest BCUT2D eigenvalue weighted by molar-refractivity contribution is -0.0182. The molecule has 1 amide bonds. The standard InChI is InChI=1S/C37H41N7O4/c1-26-23-46-30(20-39-26)25-47-36-40-33-22-42(34-13-7-11-28-10-5-6-12-31(28)34)17-15-32(33)35(41-36)43-18-19-44(29(21-43)14-16-38)37(45)48-24-27-8-3-2-4-9-27/h2-13,26,29-30,39H,14-15,17-25H2,1H3/t26-,29?,30-/m1/s1. The average Bonchev–Trinajstić information content (AvgIpc) is 3.13. The minimum atomic E-state index is -0.409. The van der Waals surface area contributed by atoms with Gasteiger partial charge in [-0.25, -0.2) is 4.79 Å². The molecule has 0 aliphatic carbocycles. The number of rotatable bonds is 8. The van der Waals surface area contributed by atoms with Crippen LogP contribution in [0.3, 0.4) is 0 Å². The molecule has 3 aliphatic rings. The van der Waals surface area contributed by atoms with Gasteiger partial charge in [-0.2, -0.15) is 15.2 Å². The summed E-state index contributed by atoms with van der Waals surface area (Å²) in [6.45, 7) is 6.79. The van der Waals surface area contributed by atoms with Gasteiger partial charge in [-0.15, -0.1) is 0 Å². The smallest absolute Gasteiger partial charge is 0.410 e. The summed E-state index contributed by atoms with van der Waals surface area (Å²) in [4.78, 5) is 29.4. The minimum absolute atomic E-state index is 0.0954. The summed E-state index contributed by atoms with van der Waals surface area (Å²) in [6.07, 6.45) is 0.437. The summed E-state index contributed by atoms with van der Waals surface area (Å²) < 4.78 is 17.9. The number of benzene rings is 3. The molecule has 2 fully saturated rings. The molecule has 0 saturated carbocycles. The molecule has 0 spiro atoms. The Labute approximate surface area is 281 Å².